The van der Waals surface area contributed by atoms with Crippen molar-refractivity contribution in [2.45, 2.75) is 58.2 Å². The summed E-state index contributed by atoms with van der Waals surface area (Å²) >= 11 is 5.73. The number of unbranched alkanes of at least 4 members (excludes halogenated alkanes) is 1. The molecule has 0 atom stereocenters. The van der Waals surface area contributed by atoms with E-state index in [0.717, 1.165) is 23.3 Å². The number of ether oxygens (including phenoxy) is 2. The molecule has 0 fully saturated rings. The summed E-state index contributed by atoms with van der Waals surface area (Å²) < 4.78 is 52.7. The number of nitrogens with one attached hydrogen (secondary N) is 1. The molecule has 0 aromatic heterocycles. The van der Waals surface area contributed by atoms with Crippen LogP contribution >= 0.6 is 11.6 Å². The van der Waals surface area contributed by atoms with Crippen molar-refractivity contribution in [3.8, 4) is 5.75 Å². The van der Waals surface area contributed by atoms with Gasteiger partial charge in [-0.15, -0.1) is 11.6 Å². The summed E-state index contributed by atoms with van der Waals surface area (Å²) in [4.78, 5) is 25.3. The lowest BCUT2D eigenvalue weighted by Gasteiger charge is -2.18. The van der Waals surface area contributed by atoms with E-state index in [2.05, 4.69) is 5.32 Å². The third kappa shape index (κ3) is 8.16. The quantitative estimate of drug-likeness (QED) is 0.128. The van der Waals surface area contributed by atoms with E-state index >= 15 is 0 Å². The van der Waals surface area contributed by atoms with Gasteiger partial charge in [-0.25, -0.2) is 4.79 Å². The second-order valence-corrected chi connectivity index (χ2v) is 10.4. The Morgan fingerprint density at radius 3 is 2.43 bits per heavy atom. The molecule has 5 nitrogen and oxygen atoms in total. The molecular formula is C33H33ClF3NO4. The molecule has 9 heteroatoms. The number of alkyl halides is 4. The number of allylic oxidation sites excluding steroid dienone is 2. The van der Waals surface area contributed by atoms with Gasteiger partial charge in [-0.3, -0.25) is 4.79 Å². The molecule has 1 amide bonds. The predicted octanol–water partition coefficient (Wildman–Crippen LogP) is 8.90. The normalized spacial score (nSPS) is 13.3. The van der Waals surface area contributed by atoms with E-state index in [1.165, 1.54) is 6.07 Å². The van der Waals surface area contributed by atoms with E-state index in [-0.39, 0.29) is 31.1 Å². The maximum atomic E-state index is 13.8. The van der Waals surface area contributed by atoms with Crippen LogP contribution < -0.4 is 10.1 Å². The largest absolute Gasteiger partial charge is 0.488 e. The van der Waals surface area contributed by atoms with E-state index in [9.17, 15) is 22.8 Å². The molecule has 0 heterocycles. The first kappa shape index (κ1) is 31.2. The number of carbonyl (C=O) groups is 2. The molecule has 0 saturated heterocycles. The monoisotopic (exact) mass is 599 g/mol. The minimum atomic E-state index is -4.53. The van der Waals surface area contributed by atoms with Crippen LogP contribution in [0.3, 0.4) is 0 Å². The zero-order valence-electron chi connectivity index (χ0n) is 23.4. The molecule has 0 unspecified atom stereocenters. The van der Waals surface area contributed by atoms with Gasteiger partial charge in [0.1, 0.15) is 12.4 Å². The van der Waals surface area contributed by atoms with Gasteiger partial charge in [0.05, 0.1) is 17.7 Å². The molecular weight excluding hydrogens is 567 g/mol. The average molecular weight is 600 g/mol. The lowest BCUT2D eigenvalue weighted by molar-refractivity contribution is -0.137. The van der Waals surface area contributed by atoms with Gasteiger partial charge < -0.3 is 14.8 Å². The molecule has 4 rings (SSSR count). The SMILES string of the molecule is CCOC(=O)c1cc(NC(=O)CCCCCl)cc(C2=C(c3cc(C(F)(F)F)ccc3OCc3ccccc3)CCC2)c1. The van der Waals surface area contributed by atoms with Crippen molar-refractivity contribution in [1.82, 2.24) is 0 Å². The van der Waals surface area contributed by atoms with Crippen molar-refractivity contribution >= 4 is 40.3 Å². The molecule has 0 radical (unpaired) electrons. The number of halogens is 4. The number of esters is 1. The highest BCUT2D eigenvalue weighted by atomic mass is 35.5. The number of benzene rings is 3. The number of carbonyl (C=O) groups excluding carboxylic acids is 2. The first-order valence-electron chi connectivity index (χ1n) is 14.0. The Labute approximate surface area is 248 Å². The van der Waals surface area contributed by atoms with Crippen LogP contribution in [0.4, 0.5) is 18.9 Å². The van der Waals surface area contributed by atoms with Gasteiger partial charge in [0, 0.05) is 23.6 Å². The highest BCUT2D eigenvalue weighted by molar-refractivity contribution is 6.17. The second-order valence-electron chi connectivity index (χ2n) is 10.0. The lowest BCUT2D eigenvalue weighted by atomic mass is 9.93. The molecule has 1 aliphatic carbocycles. The van der Waals surface area contributed by atoms with Gasteiger partial charge in [-0.1, -0.05) is 30.3 Å². The average Bonchev–Trinajstić information content (AvgIpc) is 3.46. The summed E-state index contributed by atoms with van der Waals surface area (Å²) in [5, 5.41) is 2.85. The summed E-state index contributed by atoms with van der Waals surface area (Å²) in [6.07, 6.45) is -1.12. The smallest absolute Gasteiger partial charge is 0.416 e. The van der Waals surface area contributed by atoms with Crippen molar-refractivity contribution in [3.63, 3.8) is 0 Å². The third-order valence-electron chi connectivity index (χ3n) is 6.95. The van der Waals surface area contributed by atoms with E-state index in [0.29, 0.717) is 66.1 Å². The minimum Gasteiger partial charge on any atom is -0.488 e. The Bertz CT molecular complexity index is 1440. The summed E-state index contributed by atoms with van der Waals surface area (Å²) in [5.74, 6) is 0.0279. The van der Waals surface area contributed by atoms with Gasteiger partial charge in [0.2, 0.25) is 5.91 Å². The third-order valence-corrected chi connectivity index (χ3v) is 7.22. The van der Waals surface area contributed by atoms with Gasteiger partial charge in [0.15, 0.2) is 0 Å². The Morgan fingerprint density at radius 2 is 1.71 bits per heavy atom. The van der Waals surface area contributed by atoms with Crippen LogP contribution in [-0.2, 0) is 22.3 Å². The van der Waals surface area contributed by atoms with Crippen LogP contribution in [0.5, 0.6) is 5.75 Å². The van der Waals surface area contributed by atoms with Gasteiger partial charge >= 0.3 is 12.1 Å². The molecule has 0 bridgehead atoms. The van der Waals surface area contributed by atoms with Crippen LogP contribution in [0.15, 0.2) is 66.7 Å². The van der Waals surface area contributed by atoms with Crippen molar-refractivity contribution in [1.29, 1.82) is 0 Å². The van der Waals surface area contributed by atoms with Crippen molar-refractivity contribution < 1.29 is 32.2 Å². The molecule has 1 aliphatic rings. The highest BCUT2D eigenvalue weighted by Gasteiger charge is 2.32. The van der Waals surface area contributed by atoms with Gasteiger partial charge in [-0.05, 0) is 97.7 Å². The van der Waals surface area contributed by atoms with Crippen molar-refractivity contribution in [3.05, 3.63) is 94.5 Å². The fourth-order valence-corrected chi connectivity index (χ4v) is 5.16. The fraction of sp³-hybridized carbons (Fsp3) is 0.333. The summed E-state index contributed by atoms with van der Waals surface area (Å²) in [5.41, 5.74) is 3.28. The van der Waals surface area contributed by atoms with Crippen LogP contribution in [0.2, 0.25) is 0 Å². The highest BCUT2D eigenvalue weighted by Crippen LogP contribution is 2.45. The Balaban J connectivity index is 1.77. The van der Waals surface area contributed by atoms with Gasteiger partial charge in [-0.2, -0.15) is 13.2 Å². The molecule has 0 aliphatic heterocycles. The maximum Gasteiger partial charge on any atom is 0.416 e. The first-order valence-corrected chi connectivity index (χ1v) is 14.5. The summed E-state index contributed by atoms with van der Waals surface area (Å²) in [6, 6.07) is 17.9. The van der Waals surface area contributed by atoms with E-state index < -0.39 is 17.7 Å². The maximum absolute atomic E-state index is 13.8. The molecule has 1 N–H and O–H groups in total. The zero-order valence-corrected chi connectivity index (χ0v) is 24.1. The van der Waals surface area contributed by atoms with Crippen LogP contribution in [-0.4, -0.2) is 24.4 Å². The second kappa shape index (κ2) is 14.4. The minimum absolute atomic E-state index is 0.170. The Hall–Kier alpha value is -3.78. The standard InChI is InChI=1S/C33H33ClF3NO4/c1-2-41-32(40)24-17-23(18-26(19-24)38-31(39)13-6-7-16-34)27-11-8-12-28(27)29-20-25(33(35,36)37)14-15-30(29)42-21-22-9-4-3-5-10-22/h3-5,9-10,14-15,17-20H,2,6-8,11-13,16,21H2,1H3,(H,38,39). The molecule has 0 spiro atoms. The molecule has 42 heavy (non-hydrogen) atoms. The summed E-state index contributed by atoms with van der Waals surface area (Å²) in [6.45, 7) is 2.06. The number of rotatable bonds is 12. The summed E-state index contributed by atoms with van der Waals surface area (Å²) in [7, 11) is 0. The van der Waals surface area contributed by atoms with Crippen LogP contribution in [0, 0.1) is 0 Å². The molecule has 222 valence electrons. The number of anilines is 1. The van der Waals surface area contributed by atoms with Crippen molar-refractivity contribution in [2.24, 2.45) is 0 Å². The van der Waals surface area contributed by atoms with Crippen LogP contribution in [0.25, 0.3) is 11.1 Å². The fourth-order valence-electron chi connectivity index (χ4n) is 4.97. The molecule has 0 saturated carbocycles. The lowest BCUT2D eigenvalue weighted by Crippen LogP contribution is -2.13. The van der Waals surface area contributed by atoms with E-state index in [4.69, 9.17) is 21.1 Å². The molecule has 3 aromatic rings. The Kier molecular flexibility index (Phi) is 10.7. The number of hydrogen-bond donors (Lipinski definition) is 1. The predicted molar refractivity (Wildman–Crippen MR) is 158 cm³/mol. The number of amides is 1. The van der Waals surface area contributed by atoms with E-state index in [1.807, 2.05) is 30.3 Å². The topological polar surface area (TPSA) is 64.6 Å². The van der Waals surface area contributed by atoms with Crippen molar-refractivity contribution in [2.75, 3.05) is 17.8 Å². The molecule has 3 aromatic carbocycles. The van der Waals surface area contributed by atoms with E-state index in [1.54, 1.807) is 25.1 Å². The Morgan fingerprint density at radius 1 is 0.952 bits per heavy atom. The zero-order chi connectivity index (χ0) is 30.1. The first-order chi connectivity index (χ1) is 20.2. The van der Waals surface area contributed by atoms with Crippen LogP contribution in [0.1, 0.15) is 78.1 Å². The number of hydrogen-bond acceptors (Lipinski definition) is 4. The van der Waals surface area contributed by atoms with Gasteiger partial charge in [0.25, 0.3) is 0 Å².